The first-order chi connectivity index (χ1) is 9.19. The average molecular weight is 308 g/mol. The SMILES string of the molecule is CCNC(C)(CSc1ccc(C(F)(F)F)cn1)C(=O)O. The van der Waals surface area contributed by atoms with Gasteiger partial charge in [-0.25, -0.2) is 4.98 Å². The van der Waals surface area contributed by atoms with Gasteiger partial charge in [-0.2, -0.15) is 13.2 Å². The Morgan fingerprint density at radius 3 is 2.50 bits per heavy atom. The molecule has 1 aromatic rings. The molecular formula is C12H15F3N2O2S. The number of nitrogens with zero attached hydrogens (tertiary/aromatic N) is 1. The Morgan fingerprint density at radius 2 is 2.10 bits per heavy atom. The van der Waals surface area contributed by atoms with Crippen molar-refractivity contribution in [2.45, 2.75) is 30.6 Å². The van der Waals surface area contributed by atoms with E-state index in [2.05, 4.69) is 10.3 Å². The highest BCUT2D eigenvalue weighted by molar-refractivity contribution is 7.99. The van der Waals surface area contributed by atoms with E-state index in [1.54, 1.807) is 6.92 Å². The fourth-order valence-electron chi connectivity index (χ4n) is 1.43. The summed E-state index contributed by atoms with van der Waals surface area (Å²) in [5.74, 6) is -0.854. The number of aromatic nitrogens is 1. The summed E-state index contributed by atoms with van der Waals surface area (Å²) < 4.78 is 37.1. The van der Waals surface area contributed by atoms with E-state index in [-0.39, 0.29) is 5.75 Å². The molecular weight excluding hydrogens is 293 g/mol. The Labute approximate surface area is 118 Å². The van der Waals surface area contributed by atoms with Crippen LogP contribution in [0.15, 0.2) is 23.4 Å². The molecule has 0 fully saturated rings. The molecule has 0 aromatic carbocycles. The third-order valence-corrected chi connectivity index (χ3v) is 3.87. The van der Waals surface area contributed by atoms with Crippen LogP contribution in [0.25, 0.3) is 0 Å². The van der Waals surface area contributed by atoms with E-state index in [1.807, 2.05) is 0 Å². The van der Waals surface area contributed by atoms with Gasteiger partial charge in [0, 0.05) is 11.9 Å². The van der Waals surface area contributed by atoms with Crippen LogP contribution >= 0.6 is 11.8 Å². The average Bonchev–Trinajstić information content (AvgIpc) is 2.36. The number of alkyl halides is 3. The summed E-state index contributed by atoms with van der Waals surface area (Å²) in [5.41, 5.74) is -1.97. The molecule has 0 aliphatic carbocycles. The number of hydrogen-bond acceptors (Lipinski definition) is 4. The summed E-state index contributed by atoms with van der Waals surface area (Å²) in [6.45, 7) is 3.78. The summed E-state index contributed by atoms with van der Waals surface area (Å²) in [4.78, 5) is 14.9. The van der Waals surface area contributed by atoms with Gasteiger partial charge in [-0.3, -0.25) is 4.79 Å². The molecule has 0 amide bonds. The minimum Gasteiger partial charge on any atom is -0.480 e. The van der Waals surface area contributed by atoms with Crippen LogP contribution in [-0.4, -0.2) is 33.9 Å². The van der Waals surface area contributed by atoms with Gasteiger partial charge in [0.15, 0.2) is 0 Å². The molecule has 4 nitrogen and oxygen atoms in total. The highest BCUT2D eigenvalue weighted by atomic mass is 32.2. The number of carboxylic acid groups (broad SMARTS) is 1. The van der Waals surface area contributed by atoms with Crippen LogP contribution in [0.3, 0.4) is 0 Å². The highest BCUT2D eigenvalue weighted by Gasteiger charge is 2.33. The minimum atomic E-state index is -4.42. The number of nitrogens with one attached hydrogen (secondary N) is 1. The third-order valence-electron chi connectivity index (χ3n) is 2.61. The van der Waals surface area contributed by atoms with Crippen molar-refractivity contribution < 1.29 is 23.1 Å². The van der Waals surface area contributed by atoms with Gasteiger partial charge in [0.1, 0.15) is 5.54 Å². The zero-order valence-electron chi connectivity index (χ0n) is 11.0. The van der Waals surface area contributed by atoms with Gasteiger partial charge in [0.25, 0.3) is 0 Å². The first-order valence-corrected chi connectivity index (χ1v) is 6.82. The molecule has 0 radical (unpaired) electrons. The molecule has 2 N–H and O–H groups in total. The maximum absolute atomic E-state index is 12.4. The zero-order chi connectivity index (χ0) is 15.4. The highest BCUT2D eigenvalue weighted by Crippen LogP contribution is 2.30. The summed E-state index contributed by atoms with van der Waals surface area (Å²) in [6.07, 6.45) is -3.68. The molecule has 112 valence electrons. The predicted molar refractivity (Wildman–Crippen MR) is 69.7 cm³/mol. The number of halogens is 3. The van der Waals surface area contributed by atoms with Crippen molar-refractivity contribution in [2.24, 2.45) is 0 Å². The topological polar surface area (TPSA) is 62.2 Å². The van der Waals surface area contributed by atoms with Gasteiger partial charge in [0.2, 0.25) is 0 Å². The first-order valence-electron chi connectivity index (χ1n) is 5.83. The van der Waals surface area contributed by atoms with E-state index >= 15 is 0 Å². The molecule has 0 spiro atoms. The van der Waals surface area contributed by atoms with Crippen LogP contribution in [-0.2, 0) is 11.0 Å². The molecule has 0 saturated heterocycles. The Bertz CT molecular complexity index is 465. The van der Waals surface area contributed by atoms with E-state index in [1.165, 1.54) is 13.0 Å². The number of likely N-dealkylation sites (N-methyl/N-ethyl adjacent to an activating group) is 1. The van der Waals surface area contributed by atoms with Gasteiger partial charge in [-0.05, 0) is 25.6 Å². The largest absolute Gasteiger partial charge is 0.480 e. The lowest BCUT2D eigenvalue weighted by atomic mass is 10.1. The summed E-state index contributed by atoms with van der Waals surface area (Å²) in [7, 11) is 0. The normalized spacial score (nSPS) is 14.8. The van der Waals surface area contributed by atoms with Crippen molar-refractivity contribution in [1.82, 2.24) is 10.3 Å². The lowest BCUT2D eigenvalue weighted by Crippen LogP contribution is -2.51. The smallest absolute Gasteiger partial charge is 0.417 e. The number of aliphatic carboxylic acids is 1. The Balaban J connectivity index is 2.72. The van der Waals surface area contributed by atoms with E-state index in [0.717, 1.165) is 24.0 Å². The van der Waals surface area contributed by atoms with Gasteiger partial charge in [-0.1, -0.05) is 6.92 Å². The van der Waals surface area contributed by atoms with Crippen LogP contribution in [0.1, 0.15) is 19.4 Å². The number of carboxylic acids is 1. The van der Waals surface area contributed by atoms with Crippen molar-refractivity contribution in [1.29, 1.82) is 0 Å². The maximum atomic E-state index is 12.4. The molecule has 0 saturated carbocycles. The fourth-order valence-corrected chi connectivity index (χ4v) is 2.38. The third kappa shape index (κ3) is 4.38. The van der Waals surface area contributed by atoms with Crippen LogP contribution in [0.2, 0.25) is 0 Å². The Kier molecular flexibility index (Phi) is 5.41. The van der Waals surface area contributed by atoms with E-state index in [9.17, 15) is 18.0 Å². The standard InChI is InChI=1S/C12H15F3N2O2S/c1-3-17-11(2,10(18)19)7-20-9-5-4-8(6-16-9)12(13,14)15/h4-6,17H,3,7H2,1-2H3,(H,18,19). The van der Waals surface area contributed by atoms with Crippen molar-refractivity contribution in [3.05, 3.63) is 23.9 Å². The molecule has 0 aliphatic heterocycles. The summed E-state index contributed by atoms with van der Waals surface area (Å²) in [5, 5.41) is 12.3. The van der Waals surface area contributed by atoms with Crippen LogP contribution < -0.4 is 5.32 Å². The van der Waals surface area contributed by atoms with Crippen LogP contribution in [0, 0.1) is 0 Å². The molecule has 1 heterocycles. The van der Waals surface area contributed by atoms with Gasteiger partial charge in [0.05, 0.1) is 10.6 Å². The lowest BCUT2D eigenvalue weighted by Gasteiger charge is -2.25. The van der Waals surface area contributed by atoms with Gasteiger partial charge >= 0.3 is 12.1 Å². The molecule has 0 bridgehead atoms. The fraction of sp³-hybridized carbons (Fsp3) is 0.500. The van der Waals surface area contributed by atoms with Crippen molar-refractivity contribution >= 4 is 17.7 Å². The number of carbonyl (C=O) groups is 1. The number of thioether (sulfide) groups is 1. The predicted octanol–water partition coefficient (Wildman–Crippen LogP) is 2.65. The van der Waals surface area contributed by atoms with Crippen molar-refractivity contribution in [3.8, 4) is 0 Å². The summed E-state index contributed by atoms with van der Waals surface area (Å²) >= 11 is 1.09. The molecule has 1 aromatic heterocycles. The quantitative estimate of drug-likeness (QED) is 0.791. The second-order valence-corrected chi connectivity index (χ2v) is 5.33. The number of pyridine rings is 1. The second kappa shape index (κ2) is 6.45. The molecule has 20 heavy (non-hydrogen) atoms. The molecule has 1 unspecified atom stereocenters. The van der Waals surface area contributed by atoms with E-state index < -0.39 is 23.2 Å². The minimum absolute atomic E-state index is 0.161. The monoisotopic (exact) mass is 308 g/mol. The molecule has 8 heteroatoms. The Morgan fingerprint density at radius 1 is 1.45 bits per heavy atom. The summed E-state index contributed by atoms with van der Waals surface area (Å²) in [6, 6.07) is 2.17. The van der Waals surface area contributed by atoms with Crippen molar-refractivity contribution in [3.63, 3.8) is 0 Å². The Hall–Kier alpha value is -1.28. The van der Waals surface area contributed by atoms with Crippen LogP contribution in [0.4, 0.5) is 13.2 Å². The molecule has 1 rings (SSSR count). The van der Waals surface area contributed by atoms with Crippen LogP contribution in [0.5, 0.6) is 0 Å². The van der Waals surface area contributed by atoms with E-state index in [0.29, 0.717) is 11.6 Å². The van der Waals surface area contributed by atoms with Crippen molar-refractivity contribution in [2.75, 3.05) is 12.3 Å². The number of hydrogen-bond donors (Lipinski definition) is 2. The van der Waals surface area contributed by atoms with Gasteiger partial charge < -0.3 is 10.4 Å². The molecule has 1 atom stereocenters. The maximum Gasteiger partial charge on any atom is 0.417 e. The number of rotatable bonds is 6. The molecule has 0 aliphatic rings. The van der Waals surface area contributed by atoms with E-state index in [4.69, 9.17) is 5.11 Å². The lowest BCUT2D eigenvalue weighted by molar-refractivity contribution is -0.143. The second-order valence-electron chi connectivity index (χ2n) is 4.34. The first kappa shape index (κ1) is 16.8. The van der Waals surface area contributed by atoms with Gasteiger partial charge in [-0.15, -0.1) is 11.8 Å². The zero-order valence-corrected chi connectivity index (χ0v) is 11.8.